The minimum Gasteiger partial charge on any atom is -0.349 e. The molecule has 1 aromatic rings. The number of benzene rings is 1. The Morgan fingerprint density at radius 1 is 1.50 bits per heavy atom. The first-order chi connectivity index (χ1) is 8.50. The Morgan fingerprint density at radius 3 is 2.78 bits per heavy atom. The molecule has 5 heteroatoms. The van der Waals surface area contributed by atoms with Crippen LogP contribution in [-0.2, 0) is 4.79 Å². The fourth-order valence-corrected chi connectivity index (χ4v) is 1.26. The number of nitro groups is 1. The second-order valence-corrected chi connectivity index (χ2v) is 3.82. The lowest BCUT2D eigenvalue weighted by Gasteiger charge is -2.00. The standard InChI is InChI=1S/C13H14N2O3/c1-10(2)9-14-13(16)8-7-11-5-3-4-6-12(11)15(17)18/h3-8H,1,9H2,2H3,(H,14,16)/b8-7+. The van der Waals surface area contributed by atoms with Crippen molar-refractivity contribution in [3.8, 4) is 0 Å². The number of carbonyl (C=O) groups is 1. The SMILES string of the molecule is C=C(C)CNC(=O)/C=C/c1ccccc1[N+](=O)[O-]. The molecule has 0 saturated carbocycles. The van der Waals surface area contributed by atoms with Gasteiger partial charge >= 0.3 is 0 Å². The van der Waals surface area contributed by atoms with Gasteiger partial charge in [0.15, 0.2) is 0 Å². The average molecular weight is 246 g/mol. The number of amides is 1. The van der Waals surface area contributed by atoms with Crippen molar-refractivity contribution in [2.45, 2.75) is 6.92 Å². The number of para-hydroxylation sites is 1. The highest BCUT2D eigenvalue weighted by atomic mass is 16.6. The van der Waals surface area contributed by atoms with Crippen LogP contribution < -0.4 is 5.32 Å². The van der Waals surface area contributed by atoms with Gasteiger partial charge in [0.1, 0.15) is 0 Å². The Labute approximate surface area is 105 Å². The second kappa shape index (κ2) is 6.34. The van der Waals surface area contributed by atoms with Crippen LogP contribution in [0.1, 0.15) is 12.5 Å². The number of hydrogen-bond acceptors (Lipinski definition) is 3. The summed E-state index contributed by atoms with van der Waals surface area (Å²) in [6, 6.07) is 6.24. The molecule has 5 nitrogen and oxygen atoms in total. The summed E-state index contributed by atoms with van der Waals surface area (Å²) in [5, 5.41) is 13.3. The summed E-state index contributed by atoms with van der Waals surface area (Å²) in [5.74, 6) is -0.309. The predicted molar refractivity (Wildman–Crippen MR) is 70.0 cm³/mol. The Hall–Kier alpha value is -2.43. The van der Waals surface area contributed by atoms with Crippen LogP contribution in [0, 0.1) is 10.1 Å². The summed E-state index contributed by atoms with van der Waals surface area (Å²) in [6.07, 6.45) is 2.69. The van der Waals surface area contributed by atoms with Crippen LogP contribution in [-0.4, -0.2) is 17.4 Å². The average Bonchev–Trinajstić information content (AvgIpc) is 2.34. The van der Waals surface area contributed by atoms with Crippen molar-refractivity contribution >= 4 is 17.7 Å². The minimum absolute atomic E-state index is 0.0264. The van der Waals surface area contributed by atoms with Gasteiger partial charge in [0, 0.05) is 18.7 Å². The number of nitrogens with zero attached hydrogens (tertiary/aromatic N) is 1. The lowest BCUT2D eigenvalue weighted by atomic mass is 10.1. The van der Waals surface area contributed by atoms with Gasteiger partial charge in [-0.2, -0.15) is 0 Å². The molecule has 0 aromatic heterocycles. The third-order valence-electron chi connectivity index (χ3n) is 2.11. The van der Waals surface area contributed by atoms with Gasteiger partial charge in [-0.1, -0.05) is 24.3 Å². The smallest absolute Gasteiger partial charge is 0.276 e. The molecular formula is C13H14N2O3. The van der Waals surface area contributed by atoms with Crippen LogP contribution in [0.4, 0.5) is 5.69 Å². The van der Waals surface area contributed by atoms with Gasteiger partial charge in [-0.05, 0) is 19.1 Å². The van der Waals surface area contributed by atoms with E-state index in [1.165, 1.54) is 18.2 Å². The molecule has 0 fully saturated rings. The first-order valence-corrected chi connectivity index (χ1v) is 5.34. The minimum atomic E-state index is -0.481. The molecule has 0 bridgehead atoms. The largest absolute Gasteiger partial charge is 0.349 e. The number of nitro benzene ring substituents is 1. The van der Waals surface area contributed by atoms with Gasteiger partial charge in [-0.25, -0.2) is 0 Å². The Morgan fingerprint density at radius 2 is 2.17 bits per heavy atom. The van der Waals surface area contributed by atoms with Gasteiger partial charge in [0.2, 0.25) is 5.91 Å². The molecule has 0 aliphatic heterocycles. The summed E-state index contributed by atoms with van der Waals surface area (Å²) in [6.45, 7) is 5.84. The summed E-state index contributed by atoms with van der Waals surface area (Å²) in [4.78, 5) is 21.7. The zero-order valence-corrected chi connectivity index (χ0v) is 10.1. The number of nitrogens with one attached hydrogen (secondary N) is 1. The highest BCUT2D eigenvalue weighted by Gasteiger charge is 2.09. The molecule has 0 heterocycles. The van der Waals surface area contributed by atoms with Crippen LogP contribution in [0.25, 0.3) is 6.08 Å². The van der Waals surface area contributed by atoms with E-state index >= 15 is 0 Å². The van der Waals surface area contributed by atoms with Crippen molar-refractivity contribution in [1.82, 2.24) is 5.32 Å². The van der Waals surface area contributed by atoms with E-state index < -0.39 is 4.92 Å². The predicted octanol–water partition coefficient (Wildman–Crippen LogP) is 2.30. The Bertz CT molecular complexity index is 507. The zero-order valence-electron chi connectivity index (χ0n) is 10.1. The van der Waals surface area contributed by atoms with E-state index in [2.05, 4.69) is 11.9 Å². The fraction of sp³-hybridized carbons (Fsp3) is 0.154. The molecule has 1 N–H and O–H groups in total. The molecule has 0 unspecified atom stereocenters. The molecule has 18 heavy (non-hydrogen) atoms. The van der Waals surface area contributed by atoms with Crippen molar-refractivity contribution in [3.63, 3.8) is 0 Å². The van der Waals surface area contributed by atoms with E-state index in [0.29, 0.717) is 12.1 Å². The topological polar surface area (TPSA) is 72.2 Å². The number of carbonyl (C=O) groups excluding carboxylic acids is 1. The fourth-order valence-electron chi connectivity index (χ4n) is 1.26. The van der Waals surface area contributed by atoms with Crippen LogP contribution in [0.15, 0.2) is 42.5 Å². The molecule has 1 rings (SSSR count). The first-order valence-electron chi connectivity index (χ1n) is 5.34. The normalized spacial score (nSPS) is 10.3. The molecule has 0 saturated heterocycles. The van der Waals surface area contributed by atoms with Crippen molar-refractivity contribution in [2.24, 2.45) is 0 Å². The number of rotatable bonds is 5. The molecule has 0 atom stereocenters. The maximum Gasteiger partial charge on any atom is 0.276 e. The maximum atomic E-state index is 11.4. The molecule has 0 aliphatic carbocycles. The zero-order chi connectivity index (χ0) is 13.5. The van der Waals surface area contributed by atoms with Crippen molar-refractivity contribution in [2.75, 3.05) is 6.54 Å². The highest BCUT2D eigenvalue weighted by molar-refractivity contribution is 5.92. The molecule has 0 spiro atoms. The van der Waals surface area contributed by atoms with Gasteiger partial charge < -0.3 is 5.32 Å². The van der Waals surface area contributed by atoms with E-state index in [-0.39, 0.29) is 11.6 Å². The van der Waals surface area contributed by atoms with Gasteiger partial charge in [-0.15, -0.1) is 0 Å². The summed E-state index contributed by atoms with van der Waals surface area (Å²) >= 11 is 0. The third kappa shape index (κ3) is 4.21. The summed E-state index contributed by atoms with van der Waals surface area (Å²) in [7, 11) is 0. The van der Waals surface area contributed by atoms with E-state index in [1.807, 2.05) is 0 Å². The van der Waals surface area contributed by atoms with Crippen molar-refractivity contribution in [1.29, 1.82) is 0 Å². The molecule has 1 amide bonds. The van der Waals surface area contributed by atoms with E-state index in [4.69, 9.17) is 0 Å². The van der Waals surface area contributed by atoms with Crippen molar-refractivity contribution < 1.29 is 9.72 Å². The van der Waals surface area contributed by atoms with Crippen LogP contribution in [0.5, 0.6) is 0 Å². The van der Waals surface area contributed by atoms with E-state index in [9.17, 15) is 14.9 Å². The van der Waals surface area contributed by atoms with Crippen molar-refractivity contribution in [3.05, 3.63) is 58.2 Å². The van der Waals surface area contributed by atoms with Gasteiger partial charge in [0.25, 0.3) is 5.69 Å². The lowest BCUT2D eigenvalue weighted by molar-refractivity contribution is -0.385. The van der Waals surface area contributed by atoms with Gasteiger partial charge in [-0.3, -0.25) is 14.9 Å². The lowest BCUT2D eigenvalue weighted by Crippen LogP contribution is -2.22. The Kier molecular flexibility index (Phi) is 4.80. The molecule has 94 valence electrons. The summed E-state index contributed by atoms with van der Waals surface area (Å²) in [5.41, 5.74) is 1.21. The molecule has 0 aliphatic rings. The summed E-state index contributed by atoms with van der Waals surface area (Å²) < 4.78 is 0. The van der Waals surface area contributed by atoms with E-state index in [1.54, 1.807) is 25.1 Å². The second-order valence-electron chi connectivity index (χ2n) is 3.82. The van der Waals surface area contributed by atoms with E-state index in [0.717, 1.165) is 5.57 Å². The molecule has 0 radical (unpaired) electrons. The number of hydrogen-bond donors (Lipinski definition) is 1. The van der Waals surface area contributed by atoms with Crippen LogP contribution >= 0.6 is 0 Å². The highest BCUT2D eigenvalue weighted by Crippen LogP contribution is 2.18. The third-order valence-corrected chi connectivity index (χ3v) is 2.11. The van der Waals surface area contributed by atoms with Crippen LogP contribution in [0.2, 0.25) is 0 Å². The maximum absolute atomic E-state index is 11.4. The quantitative estimate of drug-likeness (QED) is 0.375. The Balaban J connectivity index is 2.75. The monoisotopic (exact) mass is 246 g/mol. The first kappa shape index (κ1) is 13.6. The van der Waals surface area contributed by atoms with Crippen LogP contribution in [0.3, 0.4) is 0 Å². The van der Waals surface area contributed by atoms with Gasteiger partial charge in [0.05, 0.1) is 10.5 Å². The molecule has 1 aromatic carbocycles. The molecular weight excluding hydrogens is 232 g/mol.